The summed E-state index contributed by atoms with van der Waals surface area (Å²) in [6.45, 7) is -0.0254. The van der Waals surface area contributed by atoms with E-state index in [1.807, 2.05) is 12.1 Å². The number of thiophene rings is 1. The predicted octanol–water partition coefficient (Wildman–Crippen LogP) is 2.87. The molecule has 0 radical (unpaired) electrons. The zero-order chi connectivity index (χ0) is 12.3. The van der Waals surface area contributed by atoms with Gasteiger partial charge in [0.2, 0.25) is 0 Å². The largest absolute Gasteiger partial charge is 0.415 e. The SMILES string of the molecule is CN(Cc1ccc(Br)s1)CC(O)C(F)(F)F. The minimum absolute atomic E-state index is 0.392. The molecule has 0 spiro atoms. The van der Waals surface area contributed by atoms with Crippen LogP contribution in [0.2, 0.25) is 0 Å². The summed E-state index contributed by atoms with van der Waals surface area (Å²) < 4.78 is 37.1. The molecular weight excluding hydrogens is 307 g/mol. The van der Waals surface area contributed by atoms with Crippen LogP contribution in [-0.2, 0) is 6.54 Å². The number of nitrogens with zero attached hydrogens (tertiary/aromatic N) is 1. The Balaban J connectivity index is 2.45. The molecule has 0 amide bonds. The first-order chi connectivity index (χ1) is 7.29. The van der Waals surface area contributed by atoms with Crippen LogP contribution >= 0.6 is 27.3 Å². The molecule has 0 aliphatic carbocycles. The molecule has 0 bridgehead atoms. The maximum absolute atomic E-state index is 12.1. The van der Waals surface area contributed by atoms with Crippen molar-refractivity contribution in [2.24, 2.45) is 0 Å². The molecule has 1 N–H and O–H groups in total. The summed E-state index contributed by atoms with van der Waals surface area (Å²) in [4.78, 5) is 2.39. The Kier molecular flexibility index (Phi) is 4.78. The molecule has 2 nitrogen and oxygen atoms in total. The lowest BCUT2D eigenvalue weighted by Crippen LogP contribution is -2.38. The molecule has 1 aromatic rings. The number of aliphatic hydroxyl groups is 1. The number of halogens is 4. The van der Waals surface area contributed by atoms with Crippen molar-refractivity contribution in [1.82, 2.24) is 4.90 Å². The summed E-state index contributed by atoms with van der Waals surface area (Å²) in [5.41, 5.74) is 0. The minimum Gasteiger partial charge on any atom is -0.382 e. The second-order valence-corrected chi connectivity index (χ2v) is 6.01. The average molecular weight is 318 g/mol. The fourth-order valence-corrected chi connectivity index (χ4v) is 2.73. The molecule has 0 fully saturated rings. The summed E-state index contributed by atoms with van der Waals surface area (Å²) in [5.74, 6) is 0. The molecule has 0 aliphatic rings. The minimum atomic E-state index is -4.55. The van der Waals surface area contributed by atoms with Gasteiger partial charge in [-0.2, -0.15) is 13.2 Å². The van der Waals surface area contributed by atoms with E-state index in [1.165, 1.54) is 16.2 Å². The Labute approximate surface area is 104 Å². The van der Waals surface area contributed by atoms with Gasteiger partial charge in [0.05, 0.1) is 3.79 Å². The van der Waals surface area contributed by atoms with Crippen LogP contribution in [0.3, 0.4) is 0 Å². The fourth-order valence-electron chi connectivity index (χ4n) is 1.17. The van der Waals surface area contributed by atoms with Gasteiger partial charge in [0.25, 0.3) is 0 Å². The van der Waals surface area contributed by atoms with Crippen molar-refractivity contribution < 1.29 is 18.3 Å². The van der Waals surface area contributed by atoms with Gasteiger partial charge in [-0.25, -0.2) is 0 Å². The summed E-state index contributed by atoms with van der Waals surface area (Å²) in [5, 5.41) is 8.87. The molecular formula is C9H11BrF3NOS. The van der Waals surface area contributed by atoms with Crippen LogP contribution in [0.25, 0.3) is 0 Å². The van der Waals surface area contributed by atoms with Crippen molar-refractivity contribution in [3.05, 3.63) is 20.8 Å². The molecule has 92 valence electrons. The summed E-state index contributed by atoms with van der Waals surface area (Å²) in [7, 11) is 1.54. The second-order valence-electron chi connectivity index (χ2n) is 3.46. The average Bonchev–Trinajstić information content (AvgIpc) is 2.49. The van der Waals surface area contributed by atoms with E-state index in [1.54, 1.807) is 7.05 Å². The summed E-state index contributed by atoms with van der Waals surface area (Å²) in [6.07, 6.45) is -6.84. The standard InChI is InChI=1S/C9H11BrF3NOS/c1-14(5-7(15)9(11,12)13)4-6-2-3-8(10)16-6/h2-3,7,15H,4-5H2,1H3. The lowest BCUT2D eigenvalue weighted by Gasteiger charge is -2.21. The lowest BCUT2D eigenvalue weighted by molar-refractivity contribution is -0.207. The van der Waals surface area contributed by atoms with E-state index >= 15 is 0 Å². The van der Waals surface area contributed by atoms with Gasteiger partial charge < -0.3 is 5.11 Å². The van der Waals surface area contributed by atoms with Crippen molar-refractivity contribution >= 4 is 27.3 Å². The molecule has 1 heterocycles. The van der Waals surface area contributed by atoms with Gasteiger partial charge in [0, 0.05) is 18.0 Å². The van der Waals surface area contributed by atoms with Gasteiger partial charge in [0.1, 0.15) is 0 Å². The topological polar surface area (TPSA) is 23.5 Å². The third kappa shape index (κ3) is 4.40. The van der Waals surface area contributed by atoms with Crippen LogP contribution in [-0.4, -0.2) is 35.9 Å². The van der Waals surface area contributed by atoms with Gasteiger partial charge in [-0.15, -0.1) is 11.3 Å². The first kappa shape index (κ1) is 14.0. The van der Waals surface area contributed by atoms with Gasteiger partial charge in [-0.05, 0) is 35.1 Å². The van der Waals surface area contributed by atoms with Gasteiger partial charge in [-0.3, -0.25) is 4.90 Å². The molecule has 16 heavy (non-hydrogen) atoms. The molecule has 0 saturated heterocycles. The number of alkyl halides is 3. The zero-order valence-corrected chi connectivity index (χ0v) is 10.9. The van der Waals surface area contributed by atoms with Crippen LogP contribution in [0.1, 0.15) is 4.88 Å². The van der Waals surface area contributed by atoms with E-state index < -0.39 is 18.8 Å². The Morgan fingerprint density at radius 1 is 1.50 bits per heavy atom. The molecule has 1 atom stereocenters. The Hall–Kier alpha value is -0.110. The summed E-state index contributed by atoms with van der Waals surface area (Å²) >= 11 is 4.74. The fraction of sp³-hybridized carbons (Fsp3) is 0.556. The van der Waals surface area contributed by atoms with E-state index in [0.29, 0.717) is 6.54 Å². The van der Waals surface area contributed by atoms with E-state index in [-0.39, 0.29) is 0 Å². The molecule has 1 rings (SSSR count). The van der Waals surface area contributed by atoms with Crippen LogP contribution < -0.4 is 0 Å². The maximum Gasteiger partial charge on any atom is 0.415 e. The number of hydrogen-bond acceptors (Lipinski definition) is 3. The van der Waals surface area contributed by atoms with Gasteiger partial charge in [0.15, 0.2) is 6.10 Å². The normalized spacial score (nSPS) is 14.4. The number of likely N-dealkylation sites (N-methyl/N-ethyl adjacent to an activating group) is 1. The highest BCUT2D eigenvalue weighted by molar-refractivity contribution is 9.11. The van der Waals surface area contributed by atoms with Crippen molar-refractivity contribution in [1.29, 1.82) is 0 Å². The highest BCUT2D eigenvalue weighted by atomic mass is 79.9. The summed E-state index contributed by atoms with van der Waals surface area (Å²) in [6, 6.07) is 3.68. The second kappa shape index (κ2) is 5.48. The molecule has 7 heteroatoms. The first-order valence-corrected chi connectivity index (χ1v) is 6.07. The van der Waals surface area contributed by atoms with E-state index in [2.05, 4.69) is 15.9 Å². The van der Waals surface area contributed by atoms with Crippen LogP contribution in [0.4, 0.5) is 13.2 Å². The van der Waals surface area contributed by atoms with E-state index in [4.69, 9.17) is 5.11 Å². The predicted molar refractivity (Wildman–Crippen MR) is 60.4 cm³/mol. The van der Waals surface area contributed by atoms with Gasteiger partial charge >= 0.3 is 6.18 Å². The molecule has 0 aliphatic heterocycles. The molecule has 1 unspecified atom stereocenters. The number of aliphatic hydroxyl groups excluding tert-OH is 1. The Bertz CT molecular complexity index is 342. The van der Waals surface area contributed by atoms with Crippen LogP contribution in [0.5, 0.6) is 0 Å². The van der Waals surface area contributed by atoms with E-state index in [9.17, 15) is 13.2 Å². The van der Waals surface area contributed by atoms with Gasteiger partial charge in [-0.1, -0.05) is 0 Å². The molecule has 0 saturated carbocycles. The molecule has 1 aromatic heterocycles. The Morgan fingerprint density at radius 3 is 2.56 bits per heavy atom. The number of hydrogen-bond donors (Lipinski definition) is 1. The zero-order valence-electron chi connectivity index (χ0n) is 8.46. The lowest BCUT2D eigenvalue weighted by atomic mass is 10.3. The third-order valence-corrected chi connectivity index (χ3v) is 3.53. The highest BCUT2D eigenvalue weighted by Crippen LogP contribution is 2.24. The third-order valence-electron chi connectivity index (χ3n) is 1.92. The monoisotopic (exact) mass is 317 g/mol. The van der Waals surface area contributed by atoms with E-state index in [0.717, 1.165) is 8.66 Å². The smallest absolute Gasteiger partial charge is 0.382 e. The highest BCUT2D eigenvalue weighted by Gasteiger charge is 2.38. The quantitative estimate of drug-likeness (QED) is 0.923. The van der Waals surface area contributed by atoms with Crippen molar-refractivity contribution in [3.63, 3.8) is 0 Å². The first-order valence-electron chi connectivity index (χ1n) is 4.46. The molecule has 0 aromatic carbocycles. The van der Waals surface area contributed by atoms with Crippen molar-refractivity contribution in [2.75, 3.05) is 13.6 Å². The maximum atomic E-state index is 12.1. The number of rotatable bonds is 4. The van der Waals surface area contributed by atoms with Crippen molar-refractivity contribution in [3.8, 4) is 0 Å². The Morgan fingerprint density at radius 2 is 2.12 bits per heavy atom. The van der Waals surface area contributed by atoms with Crippen LogP contribution in [0.15, 0.2) is 15.9 Å². The van der Waals surface area contributed by atoms with Crippen LogP contribution in [0, 0.1) is 0 Å². The van der Waals surface area contributed by atoms with Crippen molar-refractivity contribution in [2.45, 2.75) is 18.8 Å².